The van der Waals surface area contributed by atoms with E-state index in [4.69, 9.17) is 13.9 Å². The Labute approximate surface area is 363 Å². The number of nitrogens with zero attached hydrogens (tertiary/aromatic N) is 7. The zero-order valence-electron chi connectivity index (χ0n) is 35.7. The Kier molecular flexibility index (Phi) is 14.3. The lowest BCUT2D eigenvalue weighted by atomic mass is 9.97. The predicted octanol–water partition coefficient (Wildman–Crippen LogP) is 2.59. The van der Waals surface area contributed by atoms with Crippen molar-refractivity contribution in [2.45, 2.75) is 57.5 Å². The summed E-state index contributed by atoms with van der Waals surface area (Å²) in [6.45, 7) is 3.16. The number of imidazole rings is 1. The van der Waals surface area contributed by atoms with Gasteiger partial charge < -0.3 is 29.0 Å². The number of carbonyl (C=O) groups is 5. The molecule has 63 heavy (non-hydrogen) atoms. The maximum absolute atomic E-state index is 13.2. The molecule has 0 spiro atoms. The molecular formula is C45H51N9O9. The number of amides is 5. The molecular weight excluding hydrogens is 811 g/mol. The van der Waals surface area contributed by atoms with Crippen molar-refractivity contribution in [1.29, 1.82) is 0 Å². The molecule has 2 aliphatic heterocycles. The zero-order valence-corrected chi connectivity index (χ0v) is 35.7. The van der Waals surface area contributed by atoms with Crippen LogP contribution in [-0.2, 0) is 48.7 Å². The third kappa shape index (κ3) is 10.6. The number of furan rings is 1. The summed E-state index contributed by atoms with van der Waals surface area (Å²) in [4.78, 5) is 79.2. The molecule has 1 unspecified atom stereocenters. The van der Waals surface area contributed by atoms with E-state index >= 15 is 0 Å². The Morgan fingerprint density at radius 1 is 1.05 bits per heavy atom. The van der Waals surface area contributed by atoms with Crippen molar-refractivity contribution < 1.29 is 37.9 Å². The van der Waals surface area contributed by atoms with Crippen LogP contribution in [0.25, 0.3) is 27.6 Å². The first kappa shape index (κ1) is 44.2. The highest BCUT2D eigenvalue weighted by Gasteiger charge is 2.31. The van der Waals surface area contributed by atoms with Crippen molar-refractivity contribution >= 4 is 57.1 Å². The van der Waals surface area contributed by atoms with Gasteiger partial charge in [-0.2, -0.15) is 0 Å². The molecule has 0 aliphatic carbocycles. The van der Waals surface area contributed by atoms with Crippen LogP contribution in [0, 0.1) is 11.8 Å². The monoisotopic (exact) mass is 861 g/mol. The van der Waals surface area contributed by atoms with Crippen LogP contribution in [0.15, 0.2) is 64.1 Å². The SMILES string of the molecule is CN(C)C(=O)c1cc2cc(C3=CCCN(C(=O)CCn4ccnn4)C3)cc(C#CCCC(=O)NCCOCCOCCc3cccc4c3n(C)c(=O)n4C3CCC(=O)NC3=O)c2o1. The lowest BCUT2D eigenvalue weighted by molar-refractivity contribution is -0.136. The quantitative estimate of drug-likeness (QED) is 0.0790. The van der Waals surface area contributed by atoms with E-state index in [-0.39, 0.29) is 60.8 Å². The lowest BCUT2D eigenvalue weighted by Crippen LogP contribution is -2.44. The van der Waals surface area contributed by atoms with Crippen LogP contribution in [0.5, 0.6) is 0 Å². The molecule has 5 amide bonds. The first-order valence-electron chi connectivity index (χ1n) is 21.0. The van der Waals surface area contributed by atoms with Crippen LogP contribution >= 0.6 is 0 Å². The Bertz CT molecular complexity index is 2660. The normalized spacial score (nSPS) is 15.3. The van der Waals surface area contributed by atoms with Crippen molar-refractivity contribution in [1.82, 2.24) is 44.6 Å². The first-order chi connectivity index (χ1) is 30.5. The second-order valence-corrected chi connectivity index (χ2v) is 15.6. The van der Waals surface area contributed by atoms with Crippen LogP contribution in [0.3, 0.4) is 0 Å². The number of ether oxygens (including phenoxy) is 2. The van der Waals surface area contributed by atoms with E-state index in [0.717, 1.165) is 22.2 Å². The van der Waals surface area contributed by atoms with Gasteiger partial charge in [0.2, 0.25) is 23.6 Å². The molecule has 1 fully saturated rings. The average molecular weight is 862 g/mol. The summed E-state index contributed by atoms with van der Waals surface area (Å²) in [6.07, 6.45) is 7.87. The maximum atomic E-state index is 13.2. The largest absolute Gasteiger partial charge is 0.450 e. The minimum atomic E-state index is -0.747. The molecule has 330 valence electrons. The van der Waals surface area contributed by atoms with Gasteiger partial charge in [0.25, 0.3) is 5.91 Å². The number of hydrogen-bond donors (Lipinski definition) is 2. The lowest BCUT2D eigenvalue weighted by Gasteiger charge is -2.28. The summed E-state index contributed by atoms with van der Waals surface area (Å²) in [5, 5.41) is 13.6. The van der Waals surface area contributed by atoms with E-state index in [9.17, 15) is 28.8 Å². The molecule has 3 aromatic heterocycles. The van der Waals surface area contributed by atoms with Gasteiger partial charge in [-0.1, -0.05) is 35.3 Å². The molecule has 0 bridgehead atoms. The Hall–Kier alpha value is -6.84. The van der Waals surface area contributed by atoms with Crippen LogP contribution in [0.1, 0.15) is 71.8 Å². The number of fused-ring (bicyclic) bond motifs is 2. The average Bonchev–Trinajstić information content (AvgIpc) is 4.02. The van der Waals surface area contributed by atoms with E-state index in [2.05, 4.69) is 38.9 Å². The van der Waals surface area contributed by atoms with Gasteiger partial charge in [0.1, 0.15) is 6.04 Å². The summed E-state index contributed by atoms with van der Waals surface area (Å²) in [5.74, 6) is 5.21. The third-order valence-corrected chi connectivity index (χ3v) is 11.0. The smallest absolute Gasteiger partial charge is 0.329 e. The van der Waals surface area contributed by atoms with Gasteiger partial charge in [0.05, 0.1) is 55.8 Å². The van der Waals surface area contributed by atoms with Gasteiger partial charge in [-0.3, -0.25) is 43.1 Å². The number of piperidine rings is 1. The highest BCUT2D eigenvalue weighted by molar-refractivity contribution is 6.00. The van der Waals surface area contributed by atoms with Crippen molar-refractivity contribution in [2.24, 2.45) is 7.05 Å². The topological polar surface area (TPSA) is 205 Å². The van der Waals surface area contributed by atoms with Crippen molar-refractivity contribution in [2.75, 3.05) is 60.2 Å². The second kappa shape index (κ2) is 20.4. The molecule has 0 saturated carbocycles. The van der Waals surface area contributed by atoms with E-state index in [1.807, 2.05) is 29.2 Å². The minimum absolute atomic E-state index is 0.0230. The summed E-state index contributed by atoms with van der Waals surface area (Å²) >= 11 is 0. The van der Waals surface area contributed by atoms with Crippen molar-refractivity contribution in [3.05, 3.63) is 87.8 Å². The molecule has 1 saturated heterocycles. The first-order valence-corrected chi connectivity index (χ1v) is 21.0. The molecule has 18 nitrogen and oxygen atoms in total. The summed E-state index contributed by atoms with van der Waals surface area (Å²) in [5.41, 5.74) is 4.83. The van der Waals surface area contributed by atoms with Gasteiger partial charge in [-0.15, -0.1) is 5.10 Å². The summed E-state index contributed by atoms with van der Waals surface area (Å²) < 4.78 is 22.1. The minimum Gasteiger partial charge on any atom is -0.450 e. The molecule has 5 heterocycles. The molecule has 2 aromatic carbocycles. The zero-order chi connectivity index (χ0) is 44.5. The Balaban J connectivity index is 0.856. The fourth-order valence-corrected chi connectivity index (χ4v) is 7.78. The van der Waals surface area contributed by atoms with Crippen LogP contribution in [-0.4, -0.2) is 124 Å². The van der Waals surface area contributed by atoms with Crippen LogP contribution < -0.4 is 16.3 Å². The van der Waals surface area contributed by atoms with Gasteiger partial charge >= 0.3 is 5.69 Å². The molecule has 1 atom stereocenters. The van der Waals surface area contributed by atoms with Crippen LogP contribution in [0.4, 0.5) is 0 Å². The highest BCUT2D eigenvalue weighted by atomic mass is 16.5. The third-order valence-electron chi connectivity index (χ3n) is 11.0. The molecule has 5 aromatic rings. The summed E-state index contributed by atoms with van der Waals surface area (Å²) in [6, 6.07) is 10.4. The molecule has 2 N–H and O–H groups in total. The number of para-hydroxylation sites is 1. The number of hydrogen-bond acceptors (Lipinski definition) is 11. The number of aryl methyl sites for hydroxylation is 2. The standard InChI is InChI=1S/C45H51N9O9/c1-50(2)44(59)37-28-34-27-33(32-10-7-19-52(29-32)40(57)15-20-53-21-17-47-49-53)26-31(42(34)63-37)8-4-5-12-38(55)46-18-23-62-25-24-61-22-16-30-9-6-11-35-41(30)51(3)45(60)54(35)36-13-14-39(56)48-43(36)58/h6,9-11,17,21,26-28,36H,5,7,12-16,18-20,22-25,29H2,1-3H3,(H,46,55)(H,48,56,58). The number of imide groups is 1. The van der Waals surface area contributed by atoms with Gasteiger partial charge in [-0.05, 0) is 60.2 Å². The number of benzene rings is 2. The maximum Gasteiger partial charge on any atom is 0.329 e. The van der Waals surface area contributed by atoms with E-state index in [1.165, 1.54) is 14.0 Å². The van der Waals surface area contributed by atoms with Gasteiger partial charge in [0, 0.05) is 78.0 Å². The second-order valence-electron chi connectivity index (χ2n) is 15.6. The number of aromatic nitrogens is 5. The molecule has 7 rings (SSSR count). The van der Waals surface area contributed by atoms with Crippen molar-refractivity contribution in [3.8, 4) is 11.8 Å². The molecule has 18 heteroatoms. The van der Waals surface area contributed by atoms with Crippen molar-refractivity contribution in [3.63, 3.8) is 0 Å². The molecule has 2 aliphatic rings. The number of rotatable bonds is 17. The fraction of sp³-hybridized carbons (Fsp3) is 0.422. The predicted molar refractivity (Wildman–Crippen MR) is 231 cm³/mol. The Morgan fingerprint density at radius 3 is 2.65 bits per heavy atom. The fourth-order valence-electron chi connectivity index (χ4n) is 7.78. The summed E-state index contributed by atoms with van der Waals surface area (Å²) in [7, 11) is 4.98. The van der Waals surface area contributed by atoms with E-state index in [1.54, 1.807) is 50.4 Å². The van der Waals surface area contributed by atoms with Gasteiger partial charge in [0.15, 0.2) is 11.3 Å². The number of carbonyl (C=O) groups excluding carboxylic acids is 5. The molecule has 0 radical (unpaired) electrons. The van der Waals surface area contributed by atoms with E-state index in [0.29, 0.717) is 93.9 Å². The van der Waals surface area contributed by atoms with Crippen LogP contribution in [0.2, 0.25) is 0 Å². The van der Waals surface area contributed by atoms with E-state index < -0.39 is 11.9 Å². The Morgan fingerprint density at radius 2 is 1.87 bits per heavy atom. The van der Waals surface area contributed by atoms with Gasteiger partial charge in [-0.25, -0.2) is 4.79 Å². The highest BCUT2D eigenvalue weighted by Crippen LogP contribution is 2.31. The number of nitrogens with one attached hydrogen (secondary N) is 2.